The molecule has 228 valence electrons. The van der Waals surface area contributed by atoms with Crippen molar-refractivity contribution in [2.75, 3.05) is 6.61 Å². The molecule has 1 fully saturated rings. The van der Waals surface area contributed by atoms with E-state index in [9.17, 15) is 14.4 Å². The van der Waals surface area contributed by atoms with Crippen molar-refractivity contribution >= 4 is 52.3 Å². The van der Waals surface area contributed by atoms with Gasteiger partial charge in [0.25, 0.3) is 0 Å². The van der Waals surface area contributed by atoms with Crippen LogP contribution in [-0.4, -0.2) is 61.8 Å². The molecule has 11 nitrogen and oxygen atoms in total. The Morgan fingerprint density at radius 3 is 1.98 bits per heavy atom. The molecule has 13 heteroatoms. The van der Waals surface area contributed by atoms with Gasteiger partial charge in [0.1, 0.15) is 18.2 Å². The Hall–Kier alpha value is -4.84. The van der Waals surface area contributed by atoms with Crippen LogP contribution in [0.3, 0.4) is 0 Å². The average Bonchev–Trinajstić information content (AvgIpc) is 3.59. The Labute approximate surface area is 266 Å². The Morgan fingerprint density at radius 1 is 0.822 bits per heavy atom. The van der Waals surface area contributed by atoms with Gasteiger partial charge in [-0.1, -0.05) is 66.2 Å². The monoisotopic (exact) mass is 646 g/mol. The maximum Gasteiger partial charge on any atom is 0.338 e. The van der Waals surface area contributed by atoms with Crippen molar-refractivity contribution in [2.45, 2.75) is 31.0 Å². The lowest BCUT2D eigenvalue weighted by atomic mass is 9.95. The van der Waals surface area contributed by atoms with Gasteiger partial charge in [-0.05, 0) is 54.9 Å². The van der Waals surface area contributed by atoms with Crippen LogP contribution in [0, 0.1) is 0 Å². The average molecular weight is 647 g/mol. The Bertz CT molecular complexity index is 1860. The number of nitrogens with zero attached hydrogens (tertiary/aromatic N) is 4. The van der Waals surface area contributed by atoms with E-state index in [1.54, 1.807) is 97.9 Å². The highest BCUT2D eigenvalue weighted by molar-refractivity contribution is 6.35. The summed E-state index contributed by atoms with van der Waals surface area (Å²) in [6.45, 7) is 1.19. The fourth-order valence-corrected chi connectivity index (χ4v) is 5.51. The van der Waals surface area contributed by atoms with Gasteiger partial charge >= 0.3 is 17.9 Å². The van der Waals surface area contributed by atoms with Crippen molar-refractivity contribution in [3.05, 3.63) is 124 Å². The number of hydrogen-bond donors (Lipinski definition) is 0. The van der Waals surface area contributed by atoms with Gasteiger partial charge in [-0.3, -0.25) is 4.57 Å². The molecule has 0 bridgehead atoms. The number of halogens is 2. The van der Waals surface area contributed by atoms with E-state index in [1.807, 2.05) is 0 Å². The lowest BCUT2D eigenvalue weighted by Gasteiger charge is -2.34. The molecule has 4 atom stereocenters. The molecule has 1 aliphatic rings. The van der Waals surface area contributed by atoms with Crippen molar-refractivity contribution in [3.8, 4) is 0 Å². The van der Waals surface area contributed by atoms with E-state index >= 15 is 0 Å². The largest absolute Gasteiger partial charge is 0.459 e. The van der Waals surface area contributed by atoms with Crippen LogP contribution in [-0.2, 0) is 18.9 Å². The van der Waals surface area contributed by atoms with Gasteiger partial charge in [-0.2, -0.15) is 4.98 Å². The lowest BCUT2D eigenvalue weighted by Crippen LogP contribution is -2.50. The number of carbonyl (C=O) groups is 3. The van der Waals surface area contributed by atoms with Crippen LogP contribution in [0.4, 0.5) is 0 Å². The number of carbonyl (C=O) groups excluding carboxylic acids is 3. The van der Waals surface area contributed by atoms with Crippen molar-refractivity contribution in [1.29, 1.82) is 0 Å². The van der Waals surface area contributed by atoms with E-state index in [2.05, 4.69) is 15.0 Å². The highest BCUT2D eigenvalue weighted by Crippen LogP contribution is 2.45. The number of aromatic nitrogens is 4. The molecule has 3 heterocycles. The first-order valence-electron chi connectivity index (χ1n) is 13.7. The van der Waals surface area contributed by atoms with E-state index < -0.39 is 41.9 Å². The van der Waals surface area contributed by atoms with Crippen LogP contribution in [0.2, 0.25) is 10.4 Å². The summed E-state index contributed by atoms with van der Waals surface area (Å²) in [7, 11) is 0. The van der Waals surface area contributed by atoms with E-state index in [0.717, 1.165) is 0 Å². The quantitative estimate of drug-likeness (QED) is 0.0891. The lowest BCUT2D eigenvalue weighted by molar-refractivity contribution is -0.108. The van der Waals surface area contributed by atoms with E-state index in [1.165, 1.54) is 10.9 Å². The van der Waals surface area contributed by atoms with Crippen molar-refractivity contribution in [2.24, 2.45) is 0 Å². The highest BCUT2D eigenvalue weighted by Gasteiger charge is 2.60. The topological polar surface area (TPSA) is 132 Å². The molecule has 45 heavy (non-hydrogen) atoms. The molecule has 1 aliphatic heterocycles. The molecule has 2 aromatic heterocycles. The zero-order valence-electron chi connectivity index (χ0n) is 23.6. The van der Waals surface area contributed by atoms with Crippen molar-refractivity contribution in [3.63, 3.8) is 0 Å². The smallest absolute Gasteiger partial charge is 0.338 e. The third-order valence-corrected chi connectivity index (χ3v) is 7.69. The minimum Gasteiger partial charge on any atom is -0.459 e. The third kappa shape index (κ3) is 6.10. The third-order valence-electron chi connectivity index (χ3n) is 7.25. The van der Waals surface area contributed by atoms with Gasteiger partial charge in [0.2, 0.25) is 5.28 Å². The van der Waals surface area contributed by atoms with Gasteiger partial charge in [0.15, 0.2) is 28.7 Å². The second-order valence-electron chi connectivity index (χ2n) is 10.2. The summed E-state index contributed by atoms with van der Waals surface area (Å²) in [5, 5.41) is -0.166. The number of rotatable bonds is 8. The summed E-state index contributed by atoms with van der Waals surface area (Å²) >= 11 is 12.4. The molecule has 0 spiro atoms. The molecular weight excluding hydrogens is 623 g/mol. The molecule has 0 amide bonds. The normalized spacial score (nSPS) is 20.9. The number of esters is 3. The number of benzene rings is 3. The molecule has 0 unspecified atom stereocenters. The fraction of sp³-hybridized carbons (Fsp3) is 0.188. The first kappa shape index (κ1) is 30.2. The van der Waals surface area contributed by atoms with Crippen LogP contribution in [0.25, 0.3) is 11.2 Å². The van der Waals surface area contributed by atoms with Crippen LogP contribution >= 0.6 is 23.2 Å². The van der Waals surface area contributed by atoms with Gasteiger partial charge in [-0.15, -0.1) is 0 Å². The molecule has 6 rings (SSSR count). The van der Waals surface area contributed by atoms with Crippen molar-refractivity contribution in [1.82, 2.24) is 19.5 Å². The summed E-state index contributed by atoms with van der Waals surface area (Å²) in [4.78, 5) is 52.4. The Morgan fingerprint density at radius 2 is 1.38 bits per heavy atom. The molecule has 1 saturated heterocycles. The van der Waals surface area contributed by atoms with Gasteiger partial charge in [-0.25, -0.2) is 24.4 Å². The number of ether oxygens (including phenoxy) is 4. The standard InChI is InChI=1S/C32H24Cl2N4O7/c1-32(45-29(41)21-15-9-4-10-16-21)24(44-28(40)20-13-7-3-8-14-20)22(17-42-27(39)19-11-5-2-6-12-19)43-30(32)38-18-35-23-25(33)36-31(34)37-26(23)38/h2-16,18,22,24,30H,17H2,1H3/t22-,24+,30-,32-/m1/s1. The minimum absolute atomic E-state index is 0.00914. The highest BCUT2D eigenvalue weighted by atomic mass is 35.5. The van der Waals surface area contributed by atoms with E-state index in [4.69, 9.17) is 42.1 Å². The molecule has 0 radical (unpaired) electrons. The molecule has 0 N–H and O–H groups in total. The van der Waals surface area contributed by atoms with Crippen LogP contribution in [0.15, 0.2) is 97.3 Å². The number of imidazole rings is 1. The molecule has 3 aromatic carbocycles. The predicted molar refractivity (Wildman–Crippen MR) is 162 cm³/mol. The number of fused-ring (bicyclic) bond motifs is 1. The second-order valence-corrected chi connectivity index (χ2v) is 10.9. The first-order valence-corrected chi connectivity index (χ1v) is 14.5. The molecule has 5 aromatic rings. The maximum atomic E-state index is 13.6. The SMILES string of the molecule is C[C@@]1(OC(=O)c2ccccc2)[C@@H](OC(=O)c2ccccc2)[C@@H](COC(=O)c2ccccc2)O[C@H]1n1cnc2c(Cl)nc(Cl)nc21. The van der Waals surface area contributed by atoms with E-state index in [-0.39, 0.29) is 39.3 Å². The Kier molecular flexibility index (Phi) is 8.48. The zero-order chi connectivity index (χ0) is 31.6. The summed E-state index contributed by atoms with van der Waals surface area (Å²) in [6.07, 6.45) is -2.26. The van der Waals surface area contributed by atoms with Crippen LogP contribution < -0.4 is 0 Å². The Balaban J connectivity index is 1.43. The zero-order valence-corrected chi connectivity index (χ0v) is 25.1. The van der Waals surface area contributed by atoms with Gasteiger partial charge < -0.3 is 18.9 Å². The van der Waals surface area contributed by atoms with Crippen LogP contribution in [0.1, 0.15) is 44.2 Å². The predicted octanol–water partition coefficient (Wildman–Crippen LogP) is 5.73. The molecular formula is C32H24Cl2N4O7. The first-order chi connectivity index (χ1) is 21.7. The van der Waals surface area contributed by atoms with Crippen molar-refractivity contribution < 1.29 is 33.3 Å². The minimum atomic E-state index is -1.74. The molecule has 0 saturated carbocycles. The second kappa shape index (κ2) is 12.6. The number of hydrogen-bond acceptors (Lipinski definition) is 10. The van der Waals surface area contributed by atoms with Gasteiger partial charge in [0.05, 0.1) is 23.0 Å². The van der Waals surface area contributed by atoms with E-state index in [0.29, 0.717) is 5.56 Å². The summed E-state index contributed by atoms with van der Waals surface area (Å²) in [5.41, 5.74) is -0.561. The fourth-order valence-electron chi connectivity index (χ4n) is 5.09. The summed E-state index contributed by atoms with van der Waals surface area (Å²) in [5.74, 6) is -2.06. The summed E-state index contributed by atoms with van der Waals surface area (Å²) in [6, 6.07) is 24.9. The van der Waals surface area contributed by atoms with Gasteiger partial charge in [0, 0.05) is 0 Å². The maximum absolute atomic E-state index is 13.6. The van der Waals surface area contributed by atoms with Crippen LogP contribution in [0.5, 0.6) is 0 Å². The summed E-state index contributed by atoms with van der Waals surface area (Å²) < 4.78 is 25.7. The molecule has 0 aliphatic carbocycles.